The Labute approximate surface area is 188 Å². The van der Waals surface area contributed by atoms with E-state index in [-0.39, 0.29) is 17.7 Å². The average Bonchev–Trinajstić information content (AvgIpc) is 3.58. The molecule has 1 aromatic heterocycles. The number of benzene rings is 1. The van der Waals surface area contributed by atoms with E-state index in [2.05, 4.69) is 14.9 Å². The third kappa shape index (κ3) is 4.80. The smallest absolute Gasteiger partial charge is 0.419 e. The SMILES string of the molecule is O=C(c1ccc(C(F)(F)F)c(F)c1)N1CCCN2C[C@@H](Oc3cnc(C4CC4)cn3)C[C@H]2C1. The first-order valence-electron chi connectivity index (χ1n) is 11.2. The number of fused-ring (bicyclic) bond motifs is 1. The summed E-state index contributed by atoms with van der Waals surface area (Å²) in [6.07, 6.45) is 2.26. The van der Waals surface area contributed by atoms with E-state index in [9.17, 15) is 22.4 Å². The van der Waals surface area contributed by atoms with E-state index in [0.717, 1.165) is 31.1 Å². The molecule has 0 unspecified atom stereocenters. The van der Waals surface area contributed by atoms with Gasteiger partial charge in [0, 0.05) is 50.1 Å². The van der Waals surface area contributed by atoms with Crippen LogP contribution in [0.15, 0.2) is 30.6 Å². The van der Waals surface area contributed by atoms with Crippen molar-refractivity contribution in [2.75, 3.05) is 26.2 Å². The molecule has 1 saturated carbocycles. The number of carbonyl (C=O) groups is 1. The summed E-state index contributed by atoms with van der Waals surface area (Å²) in [6.45, 7) is 2.36. The molecule has 2 aromatic rings. The molecule has 0 N–H and O–H groups in total. The predicted molar refractivity (Wildman–Crippen MR) is 110 cm³/mol. The quantitative estimate of drug-likeness (QED) is 0.643. The first-order chi connectivity index (χ1) is 15.8. The summed E-state index contributed by atoms with van der Waals surface area (Å²) in [6, 6.07) is 2.40. The molecule has 1 aromatic carbocycles. The van der Waals surface area contributed by atoms with Crippen LogP contribution in [0.2, 0.25) is 0 Å². The Morgan fingerprint density at radius 2 is 1.91 bits per heavy atom. The minimum atomic E-state index is -4.80. The number of carbonyl (C=O) groups excluding carboxylic acids is 1. The number of aromatic nitrogens is 2. The van der Waals surface area contributed by atoms with Crippen LogP contribution in [-0.4, -0.2) is 64.0 Å². The molecule has 3 aliphatic rings. The van der Waals surface area contributed by atoms with Crippen LogP contribution in [0.3, 0.4) is 0 Å². The second-order valence-corrected chi connectivity index (χ2v) is 8.98. The Hall–Kier alpha value is -2.75. The highest BCUT2D eigenvalue weighted by Gasteiger charge is 2.38. The second kappa shape index (κ2) is 8.55. The van der Waals surface area contributed by atoms with Gasteiger partial charge in [0.2, 0.25) is 5.88 Å². The van der Waals surface area contributed by atoms with Gasteiger partial charge in [-0.2, -0.15) is 13.2 Å². The lowest BCUT2D eigenvalue weighted by Gasteiger charge is -2.25. The number of halogens is 4. The van der Waals surface area contributed by atoms with Gasteiger partial charge in [-0.25, -0.2) is 9.37 Å². The van der Waals surface area contributed by atoms with E-state index in [4.69, 9.17) is 4.74 Å². The zero-order valence-electron chi connectivity index (χ0n) is 17.9. The van der Waals surface area contributed by atoms with Gasteiger partial charge < -0.3 is 9.64 Å². The van der Waals surface area contributed by atoms with Crippen LogP contribution in [0.4, 0.5) is 17.6 Å². The number of amides is 1. The Balaban J connectivity index is 1.22. The highest BCUT2D eigenvalue weighted by atomic mass is 19.4. The normalized spacial score (nSPS) is 23.8. The van der Waals surface area contributed by atoms with Gasteiger partial charge >= 0.3 is 6.18 Å². The first-order valence-corrected chi connectivity index (χ1v) is 11.2. The van der Waals surface area contributed by atoms with Gasteiger partial charge in [0.05, 0.1) is 23.7 Å². The summed E-state index contributed by atoms with van der Waals surface area (Å²) in [5.74, 6) is -0.893. The van der Waals surface area contributed by atoms with E-state index in [1.165, 1.54) is 0 Å². The molecule has 10 heteroatoms. The Kier molecular flexibility index (Phi) is 5.72. The fourth-order valence-corrected chi connectivity index (χ4v) is 4.69. The lowest BCUT2D eigenvalue weighted by atomic mass is 10.1. The van der Waals surface area contributed by atoms with Crippen molar-refractivity contribution in [1.29, 1.82) is 0 Å². The monoisotopic (exact) mass is 464 g/mol. The third-order valence-electron chi connectivity index (χ3n) is 6.53. The van der Waals surface area contributed by atoms with Crippen LogP contribution in [0.5, 0.6) is 5.88 Å². The van der Waals surface area contributed by atoms with Gasteiger partial charge in [0.1, 0.15) is 11.9 Å². The molecule has 2 aliphatic heterocycles. The third-order valence-corrected chi connectivity index (χ3v) is 6.53. The number of alkyl halides is 3. The Morgan fingerprint density at radius 3 is 2.58 bits per heavy atom. The minimum absolute atomic E-state index is 0.0550. The molecule has 0 radical (unpaired) electrons. The van der Waals surface area contributed by atoms with Crippen molar-refractivity contribution in [3.63, 3.8) is 0 Å². The second-order valence-electron chi connectivity index (χ2n) is 8.98. The van der Waals surface area contributed by atoms with Crippen LogP contribution >= 0.6 is 0 Å². The lowest BCUT2D eigenvalue weighted by Crippen LogP contribution is -2.39. The van der Waals surface area contributed by atoms with E-state index < -0.39 is 23.5 Å². The lowest BCUT2D eigenvalue weighted by molar-refractivity contribution is -0.140. The Bertz CT molecular complexity index is 1030. The van der Waals surface area contributed by atoms with Crippen molar-refractivity contribution in [2.24, 2.45) is 0 Å². The maximum Gasteiger partial charge on any atom is 0.419 e. The van der Waals surface area contributed by atoms with Crippen LogP contribution in [0.1, 0.15) is 53.2 Å². The zero-order valence-corrected chi connectivity index (χ0v) is 17.9. The van der Waals surface area contributed by atoms with Gasteiger partial charge in [-0.15, -0.1) is 0 Å². The summed E-state index contributed by atoms with van der Waals surface area (Å²) >= 11 is 0. The zero-order chi connectivity index (χ0) is 23.2. The van der Waals surface area contributed by atoms with E-state index in [1.807, 2.05) is 0 Å². The van der Waals surface area contributed by atoms with Gasteiger partial charge in [0.25, 0.3) is 5.91 Å². The van der Waals surface area contributed by atoms with Crippen molar-refractivity contribution in [1.82, 2.24) is 19.8 Å². The maximum absolute atomic E-state index is 14.0. The van der Waals surface area contributed by atoms with Crippen LogP contribution < -0.4 is 4.74 Å². The molecule has 33 heavy (non-hydrogen) atoms. The highest BCUT2D eigenvalue weighted by Crippen LogP contribution is 2.38. The van der Waals surface area contributed by atoms with E-state index in [0.29, 0.717) is 56.4 Å². The van der Waals surface area contributed by atoms with E-state index >= 15 is 0 Å². The summed E-state index contributed by atoms with van der Waals surface area (Å²) in [7, 11) is 0. The molecule has 3 fully saturated rings. The van der Waals surface area contributed by atoms with Crippen LogP contribution in [0, 0.1) is 5.82 Å². The van der Waals surface area contributed by atoms with Crippen molar-refractivity contribution in [2.45, 2.75) is 49.9 Å². The topological polar surface area (TPSA) is 58.6 Å². The van der Waals surface area contributed by atoms with E-state index in [1.54, 1.807) is 17.3 Å². The highest BCUT2D eigenvalue weighted by molar-refractivity contribution is 5.94. The number of rotatable bonds is 4. The van der Waals surface area contributed by atoms with Gasteiger partial charge in [-0.3, -0.25) is 14.7 Å². The van der Waals surface area contributed by atoms with Crippen LogP contribution in [-0.2, 0) is 6.18 Å². The molecule has 6 nitrogen and oxygen atoms in total. The van der Waals surface area contributed by atoms with Gasteiger partial charge in [0.15, 0.2) is 0 Å². The number of hydrogen-bond donors (Lipinski definition) is 0. The first kappa shape index (κ1) is 22.1. The molecule has 0 bridgehead atoms. The molecule has 1 aliphatic carbocycles. The van der Waals surface area contributed by atoms with Gasteiger partial charge in [-0.05, 0) is 37.5 Å². The standard InChI is InChI=1S/C23H24F4N4O2/c24-19-8-15(4-5-18(19)23(25,26)27)22(32)31-7-1-6-30-13-17(9-16(30)12-31)33-21-11-28-20(10-29-21)14-2-3-14/h4-5,8,10-11,14,16-17H,1-3,6-7,9,12-13H2/t16-,17-/m0/s1. The number of hydrogen-bond acceptors (Lipinski definition) is 5. The average molecular weight is 464 g/mol. The molecule has 176 valence electrons. The largest absolute Gasteiger partial charge is 0.472 e. The molecule has 3 heterocycles. The fraction of sp³-hybridized carbons (Fsp3) is 0.522. The van der Waals surface area contributed by atoms with Crippen molar-refractivity contribution < 1.29 is 27.1 Å². The van der Waals surface area contributed by atoms with Crippen molar-refractivity contribution >= 4 is 5.91 Å². The van der Waals surface area contributed by atoms with Crippen molar-refractivity contribution in [3.8, 4) is 5.88 Å². The predicted octanol–water partition coefficient (Wildman–Crippen LogP) is 3.88. The van der Waals surface area contributed by atoms with Gasteiger partial charge in [-0.1, -0.05) is 0 Å². The van der Waals surface area contributed by atoms with Crippen molar-refractivity contribution in [3.05, 3.63) is 53.2 Å². The summed E-state index contributed by atoms with van der Waals surface area (Å²) in [4.78, 5) is 25.6. The summed E-state index contributed by atoms with van der Waals surface area (Å²) in [5.41, 5.74) is -0.451. The molecular weight excluding hydrogens is 440 g/mol. The fourth-order valence-electron chi connectivity index (χ4n) is 4.69. The Morgan fingerprint density at radius 1 is 1.09 bits per heavy atom. The van der Waals surface area contributed by atoms with Crippen LogP contribution in [0.25, 0.3) is 0 Å². The summed E-state index contributed by atoms with van der Waals surface area (Å²) < 4.78 is 58.5. The molecule has 1 amide bonds. The molecule has 2 atom stereocenters. The number of nitrogens with zero attached hydrogens (tertiary/aromatic N) is 4. The summed E-state index contributed by atoms with van der Waals surface area (Å²) in [5, 5.41) is 0. The molecular formula is C23H24F4N4O2. The molecule has 5 rings (SSSR count). The molecule has 0 spiro atoms. The minimum Gasteiger partial charge on any atom is -0.472 e. The number of ether oxygens (including phenoxy) is 1. The molecule has 2 saturated heterocycles. The maximum atomic E-state index is 14.0.